The van der Waals surface area contributed by atoms with Crippen molar-refractivity contribution in [2.45, 2.75) is 18.5 Å². The number of hydrogen-bond acceptors (Lipinski definition) is 3. The van der Waals surface area contributed by atoms with Crippen LogP contribution in [0.4, 0.5) is 0 Å². The van der Waals surface area contributed by atoms with Gasteiger partial charge in [-0.15, -0.1) is 6.58 Å². The number of nitriles is 1. The molecule has 1 aromatic rings. The van der Waals surface area contributed by atoms with Crippen molar-refractivity contribution in [1.82, 2.24) is 4.90 Å². The van der Waals surface area contributed by atoms with Gasteiger partial charge in [-0.1, -0.05) is 36.4 Å². The summed E-state index contributed by atoms with van der Waals surface area (Å²) in [5, 5.41) is 9.21. The maximum atomic E-state index is 9.21. The van der Waals surface area contributed by atoms with E-state index >= 15 is 0 Å². The average Bonchev–Trinajstić information content (AvgIpc) is 2.39. The van der Waals surface area contributed by atoms with Gasteiger partial charge in [-0.3, -0.25) is 4.90 Å². The van der Waals surface area contributed by atoms with Gasteiger partial charge in [0.15, 0.2) is 0 Å². The molecule has 0 unspecified atom stereocenters. The SMILES string of the molecule is C=C[C@@H]1CN(Cc2ccccc2)C[C@](N)(C#N)C1. The first-order chi connectivity index (χ1) is 8.65. The highest BCUT2D eigenvalue weighted by molar-refractivity contribution is 5.17. The van der Waals surface area contributed by atoms with E-state index in [4.69, 9.17) is 5.73 Å². The van der Waals surface area contributed by atoms with Crippen LogP contribution in [0, 0.1) is 17.2 Å². The van der Waals surface area contributed by atoms with E-state index in [0.29, 0.717) is 18.9 Å². The van der Waals surface area contributed by atoms with Crippen LogP contribution in [0.2, 0.25) is 0 Å². The van der Waals surface area contributed by atoms with Crippen molar-refractivity contribution in [3.63, 3.8) is 0 Å². The Balaban J connectivity index is 2.09. The van der Waals surface area contributed by atoms with E-state index in [0.717, 1.165) is 13.1 Å². The van der Waals surface area contributed by atoms with Crippen molar-refractivity contribution < 1.29 is 0 Å². The standard InChI is InChI=1S/C15H19N3/c1-2-13-8-15(17,11-16)12-18(9-13)10-14-6-4-3-5-7-14/h2-7,13H,1,8-10,12,17H2/t13-,15+/m0/s1. The molecule has 2 N–H and O–H groups in total. The van der Waals surface area contributed by atoms with Crippen LogP contribution in [0.5, 0.6) is 0 Å². The van der Waals surface area contributed by atoms with E-state index in [1.54, 1.807) is 0 Å². The number of hydrogen-bond donors (Lipinski definition) is 1. The van der Waals surface area contributed by atoms with Crippen LogP contribution >= 0.6 is 0 Å². The Morgan fingerprint density at radius 1 is 1.50 bits per heavy atom. The fourth-order valence-electron chi connectivity index (χ4n) is 2.59. The maximum Gasteiger partial charge on any atom is 0.117 e. The van der Waals surface area contributed by atoms with E-state index in [-0.39, 0.29) is 0 Å². The summed E-state index contributed by atoms with van der Waals surface area (Å²) in [6.07, 6.45) is 2.62. The molecule has 1 aliphatic rings. The number of rotatable bonds is 3. The molecule has 1 fully saturated rings. The van der Waals surface area contributed by atoms with Gasteiger partial charge in [0, 0.05) is 19.6 Å². The molecule has 0 radical (unpaired) electrons. The zero-order valence-electron chi connectivity index (χ0n) is 10.5. The van der Waals surface area contributed by atoms with Crippen LogP contribution in [0.25, 0.3) is 0 Å². The van der Waals surface area contributed by atoms with Gasteiger partial charge < -0.3 is 5.73 Å². The van der Waals surface area contributed by atoms with Crippen LogP contribution in [0.3, 0.4) is 0 Å². The molecule has 0 amide bonds. The van der Waals surface area contributed by atoms with E-state index in [2.05, 4.69) is 29.7 Å². The average molecular weight is 241 g/mol. The van der Waals surface area contributed by atoms with Gasteiger partial charge in [-0.2, -0.15) is 5.26 Å². The first kappa shape index (κ1) is 12.8. The van der Waals surface area contributed by atoms with Crippen molar-refractivity contribution in [2.75, 3.05) is 13.1 Å². The van der Waals surface area contributed by atoms with Crippen LogP contribution in [0.1, 0.15) is 12.0 Å². The normalized spacial score (nSPS) is 28.6. The van der Waals surface area contributed by atoms with Crippen molar-refractivity contribution in [3.8, 4) is 6.07 Å². The van der Waals surface area contributed by atoms with Gasteiger partial charge >= 0.3 is 0 Å². The lowest BCUT2D eigenvalue weighted by Crippen LogP contribution is -2.55. The molecule has 1 saturated heterocycles. The van der Waals surface area contributed by atoms with Crippen molar-refractivity contribution in [3.05, 3.63) is 48.6 Å². The van der Waals surface area contributed by atoms with Gasteiger partial charge in [0.25, 0.3) is 0 Å². The zero-order chi connectivity index (χ0) is 13.0. The minimum atomic E-state index is -0.744. The molecule has 94 valence electrons. The van der Waals surface area contributed by atoms with Crippen LogP contribution < -0.4 is 5.73 Å². The largest absolute Gasteiger partial charge is 0.312 e. The summed E-state index contributed by atoms with van der Waals surface area (Å²) in [5.41, 5.74) is 6.63. The van der Waals surface area contributed by atoms with Crippen molar-refractivity contribution in [2.24, 2.45) is 11.7 Å². The molecule has 0 aliphatic carbocycles. The summed E-state index contributed by atoms with van der Waals surface area (Å²) in [4.78, 5) is 2.24. The Labute approximate surface area is 109 Å². The van der Waals surface area contributed by atoms with Gasteiger partial charge in [0.2, 0.25) is 0 Å². The summed E-state index contributed by atoms with van der Waals surface area (Å²) in [6, 6.07) is 12.5. The Morgan fingerprint density at radius 2 is 2.22 bits per heavy atom. The molecule has 0 spiro atoms. The fraction of sp³-hybridized carbons (Fsp3) is 0.400. The lowest BCUT2D eigenvalue weighted by Gasteiger charge is -2.39. The third-order valence-electron chi connectivity index (χ3n) is 3.43. The van der Waals surface area contributed by atoms with Gasteiger partial charge in [-0.05, 0) is 17.9 Å². The lowest BCUT2D eigenvalue weighted by atomic mass is 9.84. The Morgan fingerprint density at radius 3 is 2.83 bits per heavy atom. The molecule has 1 heterocycles. The molecule has 1 aliphatic heterocycles. The van der Waals surface area contributed by atoms with Crippen LogP contribution in [-0.2, 0) is 6.54 Å². The second kappa shape index (κ2) is 5.34. The quantitative estimate of drug-likeness (QED) is 0.822. The minimum absolute atomic E-state index is 0.298. The number of benzene rings is 1. The highest BCUT2D eigenvalue weighted by Crippen LogP contribution is 2.25. The highest BCUT2D eigenvalue weighted by atomic mass is 15.2. The predicted molar refractivity (Wildman–Crippen MR) is 72.6 cm³/mol. The molecule has 0 bridgehead atoms. The molecule has 2 atom stereocenters. The summed E-state index contributed by atoms with van der Waals surface area (Å²) in [7, 11) is 0. The van der Waals surface area contributed by atoms with E-state index in [1.807, 2.05) is 24.3 Å². The van der Waals surface area contributed by atoms with Crippen LogP contribution in [0.15, 0.2) is 43.0 Å². The zero-order valence-corrected chi connectivity index (χ0v) is 10.5. The number of piperidine rings is 1. The first-order valence-electron chi connectivity index (χ1n) is 6.24. The Kier molecular flexibility index (Phi) is 3.81. The molecular weight excluding hydrogens is 222 g/mol. The number of nitrogens with two attached hydrogens (primary N) is 1. The third-order valence-corrected chi connectivity index (χ3v) is 3.43. The van der Waals surface area contributed by atoms with Crippen molar-refractivity contribution >= 4 is 0 Å². The lowest BCUT2D eigenvalue weighted by molar-refractivity contribution is 0.142. The van der Waals surface area contributed by atoms with Crippen LogP contribution in [-0.4, -0.2) is 23.5 Å². The van der Waals surface area contributed by atoms with E-state index < -0.39 is 5.54 Å². The third kappa shape index (κ3) is 2.98. The highest BCUT2D eigenvalue weighted by Gasteiger charge is 2.35. The van der Waals surface area contributed by atoms with E-state index in [1.165, 1.54) is 5.56 Å². The summed E-state index contributed by atoms with van der Waals surface area (Å²) in [5.74, 6) is 0.298. The molecule has 0 aromatic heterocycles. The summed E-state index contributed by atoms with van der Waals surface area (Å²) < 4.78 is 0. The smallest absolute Gasteiger partial charge is 0.117 e. The molecular formula is C15H19N3. The number of likely N-dealkylation sites (tertiary alicyclic amines) is 1. The second-order valence-electron chi connectivity index (χ2n) is 5.12. The molecule has 2 rings (SSSR count). The number of nitrogens with zero attached hydrogens (tertiary/aromatic N) is 2. The Bertz CT molecular complexity index is 449. The predicted octanol–water partition coefficient (Wildman–Crippen LogP) is 1.92. The fourth-order valence-corrected chi connectivity index (χ4v) is 2.59. The van der Waals surface area contributed by atoms with Gasteiger partial charge in [0.05, 0.1) is 6.07 Å². The summed E-state index contributed by atoms with van der Waals surface area (Å²) in [6.45, 7) is 6.23. The molecule has 18 heavy (non-hydrogen) atoms. The Hall–Kier alpha value is -1.63. The topological polar surface area (TPSA) is 53.0 Å². The van der Waals surface area contributed by atoms with Gasteiger partial charge in [-0.25, -0.2) is 0 Å². The first-order valence-corrected chi connectivity index (χ1v) is 6.24. The molecule has 1 aromatic carbocycles. The molecule has 0 saturated carbocycles. The summed E-state index contributed by atoms with van der Waals surface area (Å²) >= 11 is 0. The minimum Gasteiger partial charge on any atom is -0.312 e. The monoisotopic (exact) mass is 241 g/mol. The van der Waals surface area contributed by atoms with Crippen molar-refractivity contribution in [1.29, 1.82) is 5.26 Å². The van der Waals surface area contributed by atoms with E-state index in [9.17, 15) is 5.26 Å². The molecule has 3 nitrogen and oxygen atoms in total. The molecule has 3 heteroatoms. The second-order valence-corrected chi connectivity index (χ2v) is 5.12. The maximum absolute atomic E-state index is 9.21. The van der Waals surface area contributed by atoms with Gasteiger partial charge in [0.1, 0.15) is 5.54 Å².